The van der Waals surface area contributed by atoms with Crippen molar-refractivity contribution in [3.8, 4) is 0 Å². The maximum Gasteiger partial charge on any atom is 0.251 e. The van der Waals surface area contributed by atoms with Gasteiger partial charge in [-0.15, -0.1) is 16.8 Å². The third-order valence-corrected chi connectivity index (χ3v) is 5.92. The number of aryl methyl sites for hydroxylation is 3. The number of allylic oxidation sites excluding steroid dienone is 1. The summed E-state index contributed by atoms with van der Waals surface area (Å²) in [4.78, 5) is 24.8. The van der Waals surface area contributed by atoms with E-state index in [2.05, 4.69) is 27.4 Å². The maximum atomic E-state index is 12.4. The number of rotatable bonds is 9. The van der Waals surface area contributed by atoms with Crippen LogP contribution in [0, 0.1) is 20.8 Å². The van der Waals surface area contributed by atoms with Gasteiger partial charge in [0.15, 0.2) is 11.0 Å². The Balaban J connectivity index is 1.60. The molecule has 2 N–H and O–H groups in total. The molecular weight excluding hydrogens is 422 g/mol. The van der Waals surface area contributed by atoms with Gasteiger partial charge in [-0.2, -0.15) is 0 Å². The van der Waals surface area contributed by atoms with E-state index in [1.54, 1.807) is 18.2 Å². The van der Waals surface area contributed by atoms with E-state index in [1.807, 2.05) is 55.7 Å². The van der Waals surface area contributed by atoms with E-state index in [9.17, 15) is 9.59 Å². The summed E-state index contributed by atoms with van der Waals surface area (Å²) in [6, 6.07) is 13.2. The van der Waals surface area contributed by atoms with Crippen LogP contribution >= 0.6 is 11.8 Å². The molecule has 166 valence electrons. The fourth-order valence-corrected chi connectivity index (χ4v) is 3.75. The van der Waals surface area contributed by atoms with Crippen molar-refractivity contribution in [1.82, 2.24) is 20.1 Å². The summed E-state index contributed by atoms with van der Waals surface area (Å²) in [7, 11) is 0. The van der Waals surface area contributed by atoms with Crippen molar-refractivity contribution in [2.24, 2.45) is 0 Å². The van der Waals surface area contributed by atoms with Crippen LogP contribution in [-0.4, -0.2) is 32.3 Å². The van der Waals surface area contributed by atoms with Crippen LogP contribution in [0.2, 0.25) is 0 Å². The molecule has 0 aliphatic carbocycles. The van der Waals surface area contributed by atoms with Crippen LogP contribution in [0.25, 0.3) is 0 Å². The minimum Gasteiger partial charge on any atom is -0.345 e. The van der Waals surface area contributed by atoms with Gasteiger partial charge in [0.2, 0.25) is 5.91 Å². The normalized spacial score (nSPS) is 10.6. The largest absolute Gasteiger partial charge is 0.345 e. The van der Waals surface area contributed by atoms with E-state index < -0.39 is 0 Å². The zero-order valence-corrected chi connectivity index (χ0v) is 19.3. The molecule has 0 saturated heterocycles. The Morgan fingerprint density at radius 1 is 1.06 bits per heavy atom. The zero-order valence-electron chi connectivity index (χ0n) is 18.5. The second kappa shape index (κ2) is 10.8. The second-order valence-corrected chi connectivity index (χ2v) is 8.43. The standard InChI is InChI=1S/C24H27N5O2S/c1-5-12-29-21(14-25-23(31)19-9-6-16(2)7-10-19)27-28-24(29)32-15-22(30)26-20-11-8-17(3)18(4)13-20/h5-11,13H,1,12,14-15H2,2-4H3,(H,25,31)(H,26,30). The van der Waals surface area contributed by atoms with E-state index in [0.29, 0.717) is 23.1 Å². The first-order chi connectivity index (χ1) is 15.4. The lowest BCUT2D eigenvalue weighted by atomic mass is 10.1. The fraction of sp³-hybridized carbons (Fsp3) is 0.250. The Bertz CT molecular complexity index is 1120. The molecule has 3 rings (SSSR count). The molecule has 1 heterocycles. The lowest BCUT2D eigenvalue weighted by molar-refractivity contribution is -0.113. The summed E-state index contributed by atoms with van der Waals surface area (Å²) >= 11 is 1.29. The van der Waals surface area contributed by atoms with Gasteiger partial charge in [-0.3, -0.25) is 9.59 Å². The SMILES string of the molecule is C=CCn1c(CNC(=O)c2ccc(C)cc2)nnc1SCC(=O)Nc1ccc(C)c(C)c1. The Labute approximate surface area is 192 Å². The molecule has 0 fully saturated rings. The van der Waals surface area contributed by atoms with Crippen LogP contribution in [0.5, 0.6) is 0 Å². The fourth-order valence-electron chi connectivity index (χ4n) is 2.98. The van der Waals surface area contributed by atoms with E-state index in [4.69, 9.17) is 0 Å². The Kier molecular flexibility index (Phi) is 7.83. The number of anilines is 1. The number of thioether (sulfide) groups is 1. The summed E-state index contributed by atoms with van der Waals surface area (Å²) in [6.45, 7) is 10.5. The quantitative estimate of drug-likeness (QED) is 0.380. The molecule has 0 aliphatic heterocycles. The topological polar surface area (TPSA) is 88.9 Å². The number of carbonyl (C=O) groups is 2. The van der Waals surface area contributed by atoms with Crippen LogP contribution in [0.3, 0.4) is 0 Å². The molecular formula is C24H27N5O2S. The van der Waals surface area contributed by atoms with Gasteiger partial charge in [0.1, 0.15) is 0 Å². The number of aromatic nitrogens is 3. The van der Waals surface area contributed by atoms with Crippen molar-refractivity contribution in [1.29, 1.82) is 0 Å². The number of hydrogen-bond donors (Lipinski definition) is 2. The van der Waals surface area contributed by atoms with Gasteiger partial charge in [-0.05, 0) is 56.2 Å². The molecule has 32 heavy (non-hydrogen) atoms. The maximum absolute atomic E-state index is 12.4. The second-order valence-electron chi connectivity index (χ2n) is 7.48. The first kappa shape index (κ1) is 23.3. The van der Waals surface area contributed by atoms with Crippen molar-refractivity contribution < 1.29 is 9.59 Å². The molecule has 0 unspecified atom stereocenters. The van der Waals surface area contributed by atoms with Crippen molar-refractivity contribution in [2.75, 3.05) is 11.1 Å². The Morgan fingerprint density at radius 3 is 2.50 bits per heavy atom. The molecule has 0 spiro atoms. The zero-order chi connectivity index (χ0) is 23.1. The molecule has 8 heteroatoms. The van der Waals surface area contributed by atoms with Gasteiger partial charge in [0, 0.05) is 17.8 Å². The monoisotopic (exact) mass is 449 g/mol. The van der Waals surface area contributed by atoms with Gasteiger partial charge >= 0.3 is 0 Å². The Hall–Kier alpha value is -3.39. The smallest absolute Gasteiger partial charge is 0.251 e. The highest BCUT2D eigenvalue weighted by Gasteiger charge is 2.15. The highest BCUT2D eigenvalue weighted by Crippen LogP contribution is 2.19. The van der Waals surface area contributed by atoms with Gasteiger partial charge < -0.3 is 15.2 Å². The summed E-state index contributed by atoms with van der Waals surface area (Å²) in [6.07, 6.45) is 1.73. The molecule has 0 atom stereocenters. The number of hydrogen-bond acceptors (Lipinski definition) is 5. The molecule has 3 aromatic rings. The van der Waals surface area contributed by atoms with Gasteiger partial charge in [0.25, 0.3) is 5.91 Å². The lowest BCUT2D eigenvalue weighted by Gasteiger charge is -2.10. The van der Waals surface area contributed by atoms with E-state index in [0.717, 1.165) is 16.8 Å². The summed E-state index contributed by atoms with van der Waals surface area (Å²) in [5.74, 6) is 0.487. The van der Waals surface area contributed by atoms with E-state index in [-0.39, 0.29) is 24.1 Å². The molecule has 1 aromatic heterocycles. The van der Waals surface area contributed by atoms with Gasteiger partial charge in [-0.1, -0.05) is 41.6 Å². The van der Waals surface area contributed by atoms with Crippen LogP contribution in [0.15, 0.2) is 60.3 Å². The summed E-state index contributed by atoms with van der Waals surface area (Å²) in [5.41, 5.74) is 4.75. The summed E-state index contributed by atoms with van der Waals surface area (Å²) < 4.78 is 1.84. The highest BCUT2D eigenvalue weighted by molar-refractivity contribution is 7.99. The van der Waals surface area contributed by atoms with Gasteiger partial charge in [0.05, 0.1) is 12.3 Å². The van der Waals surface area contributed by atoms with E-state index in [1.165, 1.54) is 17.3 Å². The number of amides is 2. The molecule has 7 nitrogen and oxygen atoms in total. The van der Waals surface area contributed by atoms with Crippen LogP contribution in [0.1, 0.15) is 32.9 Å². The molecule has 2 aromatic carbocycles. The average molecular weight is 450 g/mol. The molecule has 0 aliphatic rings. The van der Waals surface area contributed by atoms with Crippen molar-refractivity contribution >= 4 is 29.3 Å². The minimum absolute atomic E-state index is 0.124. The molecule has 0 bridgehead atoms. The predicted molar refractivity (Wildman–Crippen MR) is 128 cm³/mol. The van der Waals surface area contributed by atoms with Crippen LogP contribution < -0.4 is 10.6 Å². The minimum atomic E-state index is -0.180. The van der Waals surface area contributed by atoms with Crippen LogP contribution in [-0.2, 0) is 17.9 Å². The van der Waals surface area contributed by atoms with Gasteiger partial charge in [-0.25, -0.2) is 0 Å². The number of carbonyl (C=O) groups excluding carboxylic acids is 2. The highest BCUT2D eigenvalue weighted by atomic mass is 32.2. The third-order valence-electron chi connectivity index (χ3n) is 4.95. The molecule has 0 radical (unpaired) electrons. The number of benzene rings is 2. The molecule has 2 amide bonds. The lowest BCUT2D eigenvalue weighted by Crippen LogP contribution is -2.24. The van der Waals surface area contributed by atoms with Crippen LogP contribution in [0.4, 0.5) is 5.69 Å². The first-order valence-corrected chi connectivity index (χ1v) is 11.2. The van der Waals surface area contributed by atoms with Crippen molar-refractivity contribution in [3.63, 3.8) is 0 Å². The Morgan fingerprint density at radius 2 is 1.81 bits per heavy atom. The number of nitrogens with zero attached hydrogens (tertiary/aromatic N) is 3. The summed E-state index contributed by atoms with van der Waals surface area (Å²) in [5, 5.41) is 14.8. The average Bonchev–Trinajstić information content (AvgIpc) is 3.15. The van der Waals surface area contributed by atoms with Crippen molar-refractivity contribution in [3.05, 3.63) is 83.2 Å². The molecule has 0 saturated carbocycles. The first-order valence-electron chi connectivity index (χ1n) is 10.2. The third kappa shape index (κ3) is 6.07. The van der Waals surface area contributed by atoms with Crippen molar-refractivity contribution in [2.45, 2.75) is 39.0 Å². The predicted octanol–water partition coefficient (Wildman–Crippen LogP) is 4.05. The van der Waals surface area contributed by atoms with E-state index >= 15 is 0 Å². The number of nitrogens with one attached hydrogen (secondary N) is 2.